The summed E-state index contributed by atoms with van der Waals surface area (Å²) < 4.78 is 10.4. The molecule has 0 heterocycles. The van der Waals surface area contributed by atoms with E-state index >= 15 is 0 Å². The van der Waals surface area contributed by atoms with Gasteiger partial charge in [0, 0.05) is 17.6 Å². The third-order valence-corrected chi connectivity index (χ3v) is 4.44. The van der Waals surface area contributed by atoms with Gasteiger partial charge < -0.3 is 9.47 Å². The molecule has 0 aromatic rings. The first-order valence-electron chi connectivity index (χ1n) is 6.68. The van der Waals surface area contributed by atoms with Crippen molar-refractivity contribution in [2.75, 3.05) is 13.2 Å². The molecule has 0 radical (unpaired) electrons. The molecule has 0 spiro atoms. The lowest BCUT2D eigenvalue weighted by Gasteiger charge is -2.36. The van der Waals surface area contributed by atoms with Gasteiger partial charge >= 0.3 is 11.9 Å². The lowest BCUT2D eigenvalue weighted by molar-refractivity contribution is -0.151. The zero-order valence-electron chi connectivity index (χ0n) is 11.1. The van der Waals surface area contributed by atoms with Crippen molar-refractivity contribution in [3.8, 4) is 0 Å². The topological polar surface area (TPSA) is 52.6 Å². The highest BCUT2D eigenvalue weighted by atomic mass is 16.5. The second-order valence-corrected chi connectivity index (χ2v) is 5.57. The average molecular weight is 264 g/mol. The summed E-state index contributed by atoms with van der Waals surface area (Å²) in [7, 11) is 0. The highest BCUT2D eigenvalue weighted by molar-refractivity contribution is 5.81. The van der Waals surface area contributed by atoms with Crippen LogP contribution in [0.3, 0.4) is 0 Å². The van der Waals surface area contributed by atoms with Crippen molar-refractivity contribution in [1.29, 1.82) is 0 Å². The van der Waals surface area contributed by atoms with Gasteiger partial charge in [0.15, 0.2) is 0 Å². The summed E-state index contributed by atoms with van der Waals surface area (Å²) in [5, 5.41) is 0. The van der Waals surface area contributed by atoms with E-state index < -0.39 is 11.9 Å². The monoisotopic (exact) mass is 264 g/mol. The van der Waals surface area contributed by atoms with Crippen LogP contribution < -0.4 is 0 Å². The van der Waals surface area contributed by atoms with E-state index in [1.54, 1.807) is 0 Å². The van der Waals surface area contributed by atoms with Gasteiger partial charge in [-0.1, -0.05) is 19.6 Å². The van der Waals surface area contributed by atoms with E-state index in [4.69, 9.17) is 9.47 Å². The molecule has 0 aromatic carbocycles. The van der Waals surface area contributed by atoms with Crippen molar-refractivity contribution < 1.29 is 19.1 Å². The Morgan fingerprint density at radius 3 is 2.05 bits per heavy atom. The molecule has 0 aliphatic heterocycles. The first-order valence-corrected chi connectivity index (χ1v) is 6.68. The Kier molecular flexibility index (Phi) is 4.08. The first-order chi connectivity index (χ1) is 9.09. The van der Waals surface area contributed by atoms with Crippen molar-refractivity contribution in [2.24, 2.45) is 17.3 Å². The minimum absolute atomic E-state index is 0.208. The Bertz CT molecular complexity index is 375. The number of fused-ring (bicyclic) bond motifs is 2. The lowest BCUT2D eigenvalue weighted by atomic mass is 9.74. The summed E-state index contributed by atoms with van der Waals surface area (Å²) in [5.74, 6) is 0.317. The molecule has 2 aliphatic rings. The highest BCUT2D eigenvalue weighted by Crippen LogP contribution is 2.56. The van der Waals surface area contributed by atoms with Crippen LogP contribution in [0.15, 0.2) is 25.3 Å². The van der Waals surface area contributed by atoms with E-state index in [2.05, 4.69) is 13.2 Å². The van der Waals surface area contributed by atoms with Gasteiger partial charge in [0.05, 0.1) is 0 Å². The van der Waals surface area contributed by atoms with E-state index in [-0.39, 0.29) is 5.41 Å². The zero-order chi connectivity index (χ0) is 13.9. The van der Waals surface area contributed by atoms with Crippen molar-refractivity contribution in [3.05, 3.63) is 25.3 Å². The molecule has 2 saturated carbocycles. The number of carbonyl (C=O) groups is 2. The molecule has 2 atom stereocenters. The van der Waals surface area contributed by atoms with Crippen LogP contribution in [0.5, 0.6) is 0 Å². The molecular weight excluding hydrogens is 244 g/mol. The number of ether oxygens (including phenoxy) is 2. The Morgan fingerprint density at radius 1 is 1.11 bits per heavy atom. The fourth-order valence-corrected chi connectivity index (χ4v) is 3.50. The van der Waals surface area contributed by atoms with Gasteiger partial charge in [0.25, 0.3) is 0 Å². The molecule has 0 amide bonds. The molecule has 0 saturated heterocycles. The second-order valence-electron chi connectivity index (χ2n) is 5.57. The highest BCUT2D eigenvalue weighted by Gasteiger charge is 2.52. The molecule has 2 fully saturated rings. The first kappa shape index (κ1) is 13.8. The molecule has 0 N–H and O–H groups in total. The Hall–Kier alpha value is -1.58. The van der Waals surface area contributed by atoms with Gasteiger partial charge in [0.2, 0.25) is 0 Å². The van der Waals surface area contributed by atoms with Crippen LogP contribution >= 0.6 is 0 Å². The van der Waals surface area contributed by atoms with Crippen LogP contribution in [-0.4, -0.2) is 25.2 Å². The van der Waals surface area contributed by atoms with Gasteiger partial charge in [-0.2, -0.15) is 0 Å². The van der Waals surface area contributed by atoms with Gasteiger partial charge in [-0.15, -0.1) is 0 Å². The van der Waals surface area contributed by atoms with E-state index in [9.17, 15) is 9.59 Å². The summed E-state index contributed by atoms with van der Waals surface area (Å²) in [6.45, 7) is 7.40. The van der Waals surface area contributed by atoms with Crippen LogP contribution in [0.2, 0.25) is 0 Å². The molecule has 2 bridgehead atoms. The van der Waals surface area contributed by atoms with Crippen LogP contribution in [0.25, 0.3) is 0 Å². The van der Waals surface area contributed by atoms with E-state index in [0.29, 0.717) is 25.0 Å². The van der Waals surface area contributed by atoms with Crippen LogP contribution in [0.4, 0.5) is 0 Å². The Labute approximate surface area is 113 Å². The minimum Gasteiger partial charge on any atom is -0.462 e. The lowest BCUT2D eigenvalue weighted by Crippen LogP contribution is -2.38. The summed E-state index contributed by atoms with van der Waals surface area (Å²) in [5.41, 5.74) is -0.208. The van der Waals surface area contributed by atoms with Crippen molar-refractivity contribution in [2.45, 2.75) is 25.7 Å². The van der Waals surface area contributed by atoms with Crippen molar-refractivity contribution in [1.82, 2.24) is 0 Å². The molecule has 19 heavy (non-hydrogen) atoms. The summed E-state index contributed by atoms with van der Waals surface area (Å²) >= 11 is 0. The van der Waals surface area contributed by atoms with Crippen LogP contribution in [-0.2, 0) is 19.1 Å². The van der Waals surface area contributed by atoms with E-state index in [1.165, 1.54) is 6.42 Å². The molecule has 2 unspecified atom stereocenters. The molecule has 104 valence electrons. The average Bonchev–Trinajstić information content (AvgIpc) is 3.03. The standard InChI is InChI=1S/C15H20O4/c1-3-13(16)18-9-15(10-19-14(17)4-2)8-11-5-6-12(15)7-11/h3-4,11-12H,1-2,5-10H2. The van der Waals surface area contributed by atoms with Crippen molar-refractivity contribution in [3.63, 3.8) is 0 Å². The summed E-state index contributed by atoms with van der Waals surface area (Å²) in [4.78, 5) is 22.5. The molecule has 4 nitrogen and oxygen atoms in total. The largest absolute Gasteiger partial charge is 0.462 e. The number of hydrogen-bond donors (Lipinski definition) is 0. The van der Waals surface area contributed by atoms with Gasteiger partial charge in [-0.3, -0.25) is 0 Å². The maximum Gasteiger partial charge on any atom is 0.330 e. The predicted molar refractivity (Wildman–Crippen MR) is 70.2 cm³/mol. The number of carbonyl (C=O) groups excluding carboxylic acids is 2. The molecule has 0 aromatic heterocycles. The number of hydrogen-bond acceptors (Lipinski definition) is 4. The quantitative estimate of drug-likeness (QED) is 0.545. The van der Waals surface area contributed by atoms with Gasteiger partial charge in [-0.05, 0) is 31.1 Å². The zero-order valence-corrected chi connectivity index (χ0v) is 11.1. The smallest absolute Gasteiger partial charge is 0.330 e. The second kappa shape index (κ2) is 5.59. The maximum absolute atomic E-state index is 11.2. The van der Waals surface area contributed by atoms with E-state index in [1.807, 2.05) is 0 Å². The Balaban J connectivity index is 2.01. The van der Waals surface area contributed by atoms with Crippen molar-refractivity contribution >= 4 is 11.9 Å². The fraction of sp³-hybridized carbons (Fsp3) is 0.600. The molecule has 2 rings (SSSR count). The number of esters is 2. The van der Waals surface area contributed by atoms with Crippen LogP contribution in [0.1, 0.15) is 25.7 Å². The summed E-state index contributed by atoms with van der Waals surface area (Å²) in [6, 6.07) is 0. The normalized spacial score (nSPS) is 26.7. The minimum atomic E-state index is -0.419. The maximum atomic E-state index is 11.2. The van der Waals surface area contributed by atoms with Crippen LogP contribution in [0, 0.1) is 17.3 Å². The third-order valence-electron chi connectivity index (χ3n) is 4.44. The third kappa shape index (κ3) is 2.88. The Morgan fingerprint density at radius 2 is 1.68 bits per heavy atom. The van der Waals surface area contributed by atoms with E-state index in [0.717, 1.165) is 31.4 Å². The summed E-state index contributed by atoms with van der Waals surface area (Å²) in [6.07, 6.45) is 6.80. The van der Waals surface area contributed by atoms with Gasteiger partial charge in [-0.25, -0.2) is 9.59 Å². The SMILES string of the molecule is C=CC(=O)OCC1(COC(=O)C=C)CC2CCC1C2. The van der Waals surface area contributed by atoms with Gasteiger partial charge in [0.1, 0.15) is 13.2 Å². The fourth-order valence-electron chi connectivity index (χ4n) is 3.50. The molecule has 2 aliphatic carbocycles. The molecule has 4 heteroatoms. The number of rotatable bonds is 6. The molecular formula is C15H20O4. The predicted octanol–water partition coefficient (Wildman–Crippen LogP) is 2.25.